The van der Waals surface area contributed by atoms with Gasteiger partial charge in [0.05, 0.1) is 13.2 Å². The summed E-state index contributed by atoms with van der Waals surface area (Å²) in [5, 5.41) is 12.2. The van der Waals surface area contributed by atoms with Gasteiger partial charge < -0.3 is 15.2 Å². The van der Waals surface area contributed by atoms with E-state index in [1.165, 1.54) is 6.20 Å². The number of Topliss-reactive ketones (excluding diaryl/α,β-unsaturated/α-hetero) is 1. The molecule has 0 fully saturated rings. The highest BCUT2D eigenvalue weighted by molar-refractivity contribution is 6.18. The van der Waals surface area contributed by atoms with Gasteiger partial charge in [0, 0.05) is 23.4 Å². The summed E-state index contributed by atoms with van der Waals surface area (Å²) in [5.74, 6) is -1.25. The largest absolute Gasteiger partial charge is 0.462 e. The van der Waals surface area contributed by atoms with Crippen LogP contribution in [-0.4, -0.2) is 23.5 Å². The maximum Gasteiger partial charge on any atom is 0.343 e. The van der Waals surface area contributed by atoms with Crippen molar-refractivity contribution in [2.75, 3.05) is 11.9 Å². The molecule has 0 saturated carbocycles. The highest BCUT2D eigenvalue weighted by atomic mass is 16.5. The molecule has 1 aromatic rings. The minimum absolute atomic E-state index is 0.0282. The number of rotatable bonds is 7. The van der Waals surface area contributed by atoms with Crippen molar-refractivity contribution in [3.8, 4) is 0 Å². The molecule has 0 radical (unpaired) electrons. The first-order valence-corrected chi connectivity index (χ1v) is 6.88. The van der Waals surface area contributed by atoms with Gasteiger partial charge in [-0.25, -0.2) is 4.79 Å². The number of benzene rings is 1. The molecule has 0 aliphatic rings. The van der Waals surface area contributed by atoms with Gasteiger partial charge in [0.15, 0.2) is 5.78 Å². The van der Waals surface area contributed by atoms with E-state index < -0.39 is 5.97 Å². The second-order valence-corrected chi connectivity index (χ2v) is 4.76. The molecule has 0 aliphatic carbocycles. The molecule has 0 aliphatic heterocycles. The van der Waals surface area contributed by atoms with Crippen LogP contribution < -0.4 is 5.32 Å². The van der Waals surface area contributed by atoms with Gasteiger partial charge in [-0.05, 0) is 13.0 Å². The number of anilines is 1. The standard InChI is InChI=1S/C16H21NO4/c1-4-21-16(20)13(15(19)11(2)3)9-17-14-8-6-5-7-12(14)10-18/h5-9,11,17-18H,4,10H2,1-3H3/b13-9-. The van der Waals surface area contributed by atoms with Crippen molar-refractivity contribution >= 4 is 17.4 Å². The molecule has 114 valence electrons. The van der Waals surface area contributed by atoms with Gasteiger partial charge in [-0.1, -0.05) is 32.0 Å². The van der Waals surface area contributed by atoms with Gasteiger partial charge in [0.1, 0.15) is 5.57 Å². The number of carbonyl (C=O) groups excluding carboxylic acids is 2. The maximum atomic E-state index is 12.1. The summed E-state index contributed by atoms with van der Waals surface area (Å²) in [6.45, 7) is 5.19. The molecule has 0 saturated heterocycles. The fourth-order valence-corrected chi connectivity index (χ4v) is 1.70. The highest BCUT2D eigenvalue weighted by Crippen LogP contribution is 2.16. The number of esters is 1. The van der Waals surface area contributed by atoms with Crippen molar-refractivity contribution in [3.05, 3.63) is 41.6 Å². The van der Waals surface area contributed by atoms with E-state index in [9.17, 15) is 14.7 Å². The summed E-state index contributed by atoms with van der Waals surface area (Å²) < 4.78 is 4.90. The predicted octanol–water partition coefficient (Wildman–Crippen LogP) is 2.26. The predicted molar refractivity (Wildman–Crippen MR) is 80.5 cm³/mol. The molecular weight excluding hydrogens is 270 g/mol. The quantitative estimate of drug-likeness (QED) is 0.349. The van der Waals surface area contributed by atoms with Crippen molar-refractivity contribution in [2.45, 2.75) is 27.4 Å². The Morgan fingerprint density at radius 3 is 2.57 bits per heavy atom. The van der Waals surface area contributed by atoms with E-state index in [0.717, 1.165) is 0 Å². The summed E-state index contributed by atoms with van der Waals surface area (Å²) in [5.41, 5.74) is 1.28. The molecule has 0 aromatic heterocycles. The Bertz CT molecular complexity index is 535. The SMILES string of the molecule is CCOC(=O)/C(=C\Nc1ccccc1CO)C(=O)C(C)C. The third-order valence-electron chi connectivity index (χ3n) is 2.84. The molecule has 21 heavy (non-hydrogen) atoms. The second kappa shape index (κ2) is 8.21. The number of carbonyl (C=O) groups is 2. The van der Waals surface area contributed by atoms with Crippen LogP contribution in [0.5, 0.6) is 0 Å². The summed E-state index contributed by atoms with van der Waals surface area (Å²) in [7, 11) is 0. The zero-order valence-corrected chi connectivity index (χ0v) is 12.6. The lowest BCUT2D eigenvalue weighted by Crippen LogP contribution is -2.21. The first-order chi connectivity index (χ1) is 10.0. The van der Waals surface area contributed by atoms with Crippen LogP contribution in [0.3, 0.4) is 0 Å². The second-order valence-electron chi connectivity index (χ2n) is 4.76. The van der Waals surface area contributed by atoms with Crippen LogP contribution in [0.1, 0.15) is 26.3 Å². The zero-order valence-electron chi connectivity index (χ0n) is 12.6. The highest BCUT2D eigenvalue weighted by Gasteiger charge is 2.22. The topological polar surface area (TPSA) is 75.6 Å². The molecular formula is C16H21NO4. The Labute approximate surface area is 124 Å². The number of ketones is 1. The summed E-state index contributed by atoms with van der Waals surface area (Å²) in [6, 6.07) is 7.10. The van der Waals surface area contributed by atoms with Gasteiger partial charge in [0.25, 0.3) is 0 Å². The average molecular weight is 291 g/mol. The van der Waals surface area contributed by atoms with Crippen LogP contribution in [0, 0.1) is 5.92 Å². The zero-order chi connectivity index (χ0) is 15.8. The number of aliphatic hydroxyl groups is 1. The Hall–Kier alpha value is -2.14. The van der Waals surface area contributed by atoms with Gasteiger partial charge >= 0.3 is 5.97 Å². The number of nitrogens with one attached hydrogen (secondary N) is 1. The normalized spacial score (nSPS) is 11.4. The molecule has 2 N–H and O–H groups in total. The summed E-state index contributed by atoms with van der Waals surface area (Å²) >= 11 is 0. The van der Waals surface area contributed by atoms with Gasteiger partial charge in [-0.2, -0.15) is 0 Å². The fraction of sp³-hybridized carbons (Fsp3) is 0.375. The summed E-state index contributed by atoms with van der Waals surface area (Å²) in [4.78, 5) is 23.9. The van der Waals surface area contributed by atoms with Gasteiger partial charge in [0.2, 0.25) is 0 Å². The number of hydrogen-bond acceptors (Lipinski definition) is 5. The minimum atomic E-state index is -0.648. The van der Waals surface area contributed by atoms with Crippen LogP contribution in [-0.2, 0) is 20.9 Å². The van der Waals surface area contributed by atoms with Gasteiger partial charge in [-0.15, -0.1) is 0 Å². The van der Waals surface area contributed by atoms with Crippen LogP contribution in [0.25, 0.3) is 0 Å². The Balaban J connectivity index is 3.03. The maximum absolute atomic E-state index is 12.1. The van der Waals surface area contributed by atoms with E-state index in [1.807, 2.05) is 0 Å². The van der Waals surface area contributed by atoms with Gasteiger partial charge in [-0.3, -0.25) is 4.79 Å². The molecule has 0 unspecified atom stereocenters. The lowest BCUT2D eigenvalue weighted by molar-refractivity contribution is -0.140. The van der Waals surface area contributed by atoms with Crippen molar-refractivity contribution in [1.29, 1.82) is 0 Å². The molecule has 1 rings (SSSR count). The Morgan fingerprint density at radius 1 is 1.33 bits per heavy atom. The smallest absolute Gasteiger partial charge is 0.343 e. The van der Waals surface area contributed by atoms with E-state index in [0.29, 0.717) is 11.3 Å². The average Bonchev–Trinajstić information content (AvgIpc) is 2.47. The van der Waals surface area contributed by atoms with Crippen molar-refractivity contribution in [3.63, 3.8) is 0 Å². The third-order valence-corrected chi connectivity index (χ3v) is 2.84. The van der Waals surface area contributed by atoms with Crippen LogP contribution in [0.2, 0.25) is 0 Å². The minimum Gasteiger partial charge on any atom is -0.462 e. The molecule has 5 heteroatoms. The first kappa shape index (κ1) is 16.9. The molecule has 0 amide bonds. The summed E-state index contributed by atoms with van der Waals surface area (Å²) in [6.07, 6.45) is 1.34. The van der Waals surface area contributed by atoms with E-state index in [-0.39, 0.29) is 30.5 Å². The van der Waals surface area contributed by atoms with Crippen LogP contribution in [0.4, 0.5) is 5.69 Å². The third kappa shape index (κ3) is 4.72. The molecule has 5 nitrogen and oxygen atoms in total. The molecule has 0 spiro atoms. The number of hydrogen-bond donors (Lipinski definition) is 2. The molecule has 0 heterocycles. The van der Waals surface area contributed by atoms with E-state index >= 15 is 0 Å². The number of para-hydroxylation sites is 1. The molecule has 1 aromatic carbocycles. The van der Waals surface area contributed by atoms with Crippen molar-refractivity contribution in [1.82, 2.24) is 0 Å². The first-order valence-electron chi connectivity index (χ1n) is 6.88. The van der Waals surface area contributed by atoms with Crippen molar-refractivity contribution < 1.29 is 19.4 Å². The van der Waals surface area contributed by atoms with Crippen molar-refractivity contribution in [2.24, 2.45) is 5.92 Å². The Kier molecular flexibility index (Phi) is 6.62. The van der Waals surface area contributed by atoms with E-state index in [2.05, 4.69) is 5.32 Å². The van der Waals surface area contributed by atoms with E-state index in [4.69, 9.17) is 4.74 Å². The molecule has 0 atom stereocenters. The number of ether oxygens (including phenoxy) is 1. The molecule has 0 bridgehead atoms. The lowest BCUT2D eigenvalue weighted by Gasteiger charge is -2.11. The van der Waals surface area contributed by atoms with Crippen LogP contribution in [0.15, 0.2) is 36.0 Å². The monoisotopic (exact) mass is 291 g/mol. The number of aliphatic hydroxyl groups excluding tert-OH is 1. The fourth-order valence-electron chi connectivity index (χ4n) is 1.70. The Morgan fingerprint density at radius 2 is 2.00 bits per heavy atom. The van der Waals surface area contributed by atoms with E-state index in [1.54, 1.807) is 45.0 Å². The van der Waals surface area contributed by atoms with Crippen LogP contribution >= 0.6 is 0 Å². The lowest BCUT2D eigenvalue weighted by atomic mass is 10.0.